The smallest absolute Gasteiger partial charge is 0.174 e. The number of fused-ring (bicyclic) bond motifs is 2. The minimum Gasteiger partial charge on any atom is -0.505 e. The highest BCUT2D eigenvalue weighted by atomic mass is 35.5. The molecule has 0 amide bonds. The summed E-state index contributed by atoms with van der Waals surface area (Å²) in [5, 5.41) is 14.6. The summed E-state index contributed by atoms with van der Waals surface area (Å²) in [6.07, 6.45) is 1.86. The zero-order valence-corrected chi connectivity index (χ0v) is 14.5. The van der Waals surface area contributed by atoms with Crippen molar-refractivity contribution in [1.29, 1.82) is 0 Å². The average Bonchev–Trinajstić information content (AvgIpc) is 3.02. The molecule has 1 atom stereocenters. The van der Waals surface area contributed by atoms with Crippen LogP contribution in [0.25, 0.3) is 10.9 Å². The van der Waals surface area contributed by atoms with Gasteiger partial charge in [-0.1, -0.05) is 40.9 Å². The summed E-state index contributed by atoms with van der Waals surface area (Å²) in [4.78, 5) is 4.29. The highest BCUT2D eigenvalue weighted by molar-refractivity contribution is 6.46. The van der Waals surface area contributed by atoms with E-state index in [1.54, 1.807) is 6.20 Å². The Morgan fingerprint density at radius 2 is 1.96 bits per heavy atom. The fourth-order valence-electron chi connectivity index (χ4n) is 2.78. The van der Waals surface area contributed by atoms with Crippen molar-refractivity contribution >= 4 is 51.4 Å². The first kappa shape index (κ1) is 15.6. The molecule has 3 aromatic rings. The summed E-state index contributed by atoms with van der Waals surface area (Å²) in [5.74, 6) is 0.188. The van der Waals surface area contributed by atoms with E-state index in [-0.39, 0.29) is 27.0 Å². The molecule has 24 heavy (non-hydrogen) atoms. The number of pyridine rings is 1. The quantitative estimate of drug-likeness (QED) is 0.593. The number of anilines is 1. The average molecular weight is 382 g/mol. The van der Waals surface area contributed by atoms with E-state index in [0.29, 0.717) is 17.7 Å². The molecule has 4 rings (SSSR count). The van der Waals surface area contributed by atoms with Gasteiger partial charge in [-0.05, 0) is 24.3 Å². The molecule has 0 spiro atoms. The number of aromatic nitrogens is 1. The zero-order chi connectivity index (χ0) is 16.8. The minimum atomic E-state index is -0.359. The number of aromatic hydroxyl groups is 1. The Morgan fingerprint density at radius 1 is 1.12 bits per heavy atom. The molecule has 0 radical (unpaired) electrons. The highest BCUT2D eigenvalue weighted by Gasteiger charge is 2.31. The van der Waals surface area contributed by atoms with Gasteiger partial charge < -0.3 is 15.2 Å². The molecule has 0 unspecified atom stereocenters. The third-order valence-corrected chi connectivity index (χ3v) is 5.16. The predicted octanol–water partition coefficient (Wildman–Crippen LogP) is 5.27. The lowest BCUT2D eigenvalue weighted by Crippen LogP contribution is -2.23. The summed E-state index contributed by atoms with van der Waals surface area (Å²) in [5.41, 5.74) is 2.45. The van der Waals surface area contributed by atoms with Crippen LogP contribution in [-0.4, -0.2) is 16.3 Å². The number of halogens is 3. The van der Waals surface area contributed by atoms with Crippen molar-refractivity contribution in [3.63, 3.8) is 0 Å². The fraction of sp³-hybridized carbons (Fsp3) is 0.118. The number of hydrogen-bond acceptors (Lipinski definition) is 4. The molecule has 0 fully saturated rings. The molecule has 0 aliphatic carbocycles. The van der Waals surface area contributed by atoms with Gasteiger partial charge >= 0.3 is 0 Å². The summed E-state index contributed by atoms with van der Waals surface area (Å²) < 4.78 is 5.83. The number of ether oxygens (including phenoxy) is 1. The molecule has 7 heteroatoms. The molecule has 1 aliphatic rings. The Labute approximate surface area is 152 Å². The van der Waals surface area contributed by atoms with Gasteiger partial charge in [0.05, 0.1) is 10.5 Å². The van der Waals surface area contributed by atoms with Gasteiger partial charge in [-0.15, -0.1) is 0 Å². The molecule has 2 N–H and O–H groups in total. The molecule has 122 valence electrons. The maximum atomic E-state index is 9.91. The number of phenols is 1. The lowest BCUT2D eigenvalue weighted by Gasteiger charge is -2.15. The largest absolute Gasteiger partial charge is 0.505 e. The first-order chi connectivity index (χ1) is 11.5. The Balaban J connectivity index is 1.63. The Bertz CT molecular complexity index is 925. The van der Waals surface area contributed by atoms with E-state index in [1.807, 2.05) is 30.3 Å². The van der Waals surface area contributed by atoms with E-state index in [1.165, 1.54) is 0 Å². The van der Waals surface area contributed by atoms with Crippen molar-refractivity contribution in [2.45, 2.75) is 12.6 Å². The molecule has 1 aromatic heterocycles. The zero-order valence-electron chi connectivity index (χ0n) is 12.2. The van der Waals surface area contributed by atoms with Crippen LogP contribution in [0, 0.1) is 0 Å². The van der Waals surface area contributed by atoms with E-state index >= 15 is 0 Å². The predicted molar refractivity (Wildman–Crippen MR) is 96.6 cm³/mol. The number of hydrogen-bond donors (Lipinski definition) is 2. The van der Waals surface area contributed by atoms with Gasteiger partial charge in [0.2, 0.25) is 0 Å². The third-order valence-electron chi connectivity index (χ3n) is 3.93. The van der Waals surface area contributed by atoms with E-state index in [0.717, 1.165) is 16.6 Å². The van der Waals surface area contributed by atoms with Crippen LogP contribution in [0.4, 0.5) is 5.69 Å². The molecule has 1 aliphatic heterocycles. The molecule has 0 bridgehead atoms. The Hall–Kier alpha value is -1.88. The SMILES string of the molecule is Oc1c(Cl)c(Cl)c2c(c1Cl)C[C@@H](Nc1ccc3ncccc3c1)O2. The van der Waals surface area contributed by atoms with Gasteiger partial charge in [-0.25, -0.2) is 0 Å². The summed E-state index contributed by atoms with van der Waals surface area (Å²) in [6, 6.07) is 9.72. The van der Waals surface area contributed by atoms with Gasteiger partial charge in [0.25, 0.3) is 0 Å². The lowest BCUT2D eigenvalue weighted by molar-refractivity contribution is 0.263. The van der Waals surface area contributed by atoms with Crippen LogP contribution in [0.3, 0.4) is 0 Å². The number of phenolic OH excluding ortho intramolecular Hbond substituents is 1. The van der Waals surface area contributed by atoms with Crippen molar-refractivity contribution in [2.75, 3.05) is 5.32 Å². The van der Waals surface area contributed by atoms with Crippen molar-refractivity contribution in [1.82, 2.24) is 4.98 Å². The number of benzene rings is 2. The second kappa shape index (κ2) is 5.88. The molecular weight excluding hydrogens is 371 g/mol. The third kappa shape index (κ3) is 2.51. The summed E-state index contributed by atoms with van der Waals surface area (Å²) in [7, 11) is 0. The van der Waals surface area contributed by atoms with Crippen LogP contribution in [0.1, 0.15) is 5.56 Å². The standard InChI is InChI=1S/C17H11Cl3N2O2/c18-13-10-7-12(24-17(10)15(20)14(19)16(13)23)22-9-3-4-11-8(6-9)2-1-5-21-11/h1-6,12,22-23H,7H2/t12-/m0/s1. The van der Waals surface area contributed by atoms with Gasteiger partial charge in [0.15, 0.2) is 12.0 Å². The summed E-state index contributed by atoms with van der Waals surface area (Å²) >= 11 is 18.3. The number of nitrogens with zero attached hydrogens (tertiary/aromatic N) is 1. The summed E-state index contributed by atoms with van der Waals surface area (Å²) in [6.45, 7) is 0. The van der Waals surface area contributed by atoms with Crippen LogP contribution in [-0.2, 0) is 6.42 Å². The van der Waals surface area contributed by atoms with Crippen LogP contribution < -0.4 is 10.1 Å². The van der Waals surface area contributed by atoms with Crippen LogP contribution >= 0.6 is 34.8 Å². The topological polar surface area (TPSA) is 54.4 Å². The van der Waals surface area contributed by atoms with Crippen molar-refractivity contribution in [3.8, 4) is 11.5 Å². The van der Waals surface area contributed by atoms with Crippen LogP contribution in [0.15, 0.2) is 36.5 Å². The van der Waals surface area contributed by atoms with E-state index in [2.05, 4.69) is 10.3 Å². The molecule has 0 saturated heterocycles. The van der Waals surface area contributed by atoms with Gasteiger partial charge in [0, 0.05) is 29.3 Å². The lowest BCUT2D eigenvalue weighted by atomic mass is 10.1. The Kier molecular flexibility index (Phi) is 3.83. The van der Waals surface area contributed by atoms with Crippen molar-refractivity contribution < 1.29 is 9.84 Å². The molecular formula is C17H11Cl3N2O2. The highest BCUT2D eigenvalue weighted by Crippen LogP contribution is 2.50. The van der Waals surface area contributed by atoms with E-state index in [9.17, 15) is 5.11 Å². The molecule has 2 heterocycles. The number of nitrogens with one attached hydrogen (secondary N) is 1. The fourth-order valence-corrected chi connectivity index (χ4v) is 3.52. The maximum absolute atomic E-state index is 9.91. The maximum Gasteiger partial charge on any atom is 0.174 e. The normalized spacial score (nSPS) is 16.0. The van der Waals surface area contributed by atoms with Crippen molar-refractivity contribution in [3.05, 3.63) is 57.2 Å². The second-order valence-corrected chi connectivity index (χ2v) is 6.60. The van der Waals surface area contributed by atoms with Crippen LogP contribution in [0.2, 0.25) is 15.1 Å². The van der Waals surface area contributed by atoms with Gasteiger partial charge in [0.1, 0.15) is 15.8 Å². The van der Waals surface area contributed by atoms with Crippen LogP contribution in [0.5, 0.6) is 11.5 Å². The molecule has 4 nitrogen and oxygen atoms in total. The van der Waals surface area contributed by atoms with E-state index < -0.39 is 0 Å². The molecule has 0 saturated carbocycles. The first-order valence-electron chi connectivity index (χ1n) is 7.21. The second-order valence-electron chi connectivity index (χ2n) is 5.46. The monoisotopic (exact) mass is 380 g/mol. The Morgan fingerprint density at radius 3 is 2.79 bits per heavy atom. The van der Waals surface area contributed by atoms with Gasteiger partial charge in [-0.3, -0.25) is 4.98 Å². The van der Waals surface area contributed by atoms with E-state index in [4.69, 9.17) is 39.5 Å². The minimum absolute atomic E-state index is 0.00199. The molecule has 2 aromatic carbocycles. The number of rotatable bonds is 2. The first-order valence-corrected chi connectivity index (χ1v) is 8.34. The van der Waals surface area contributed by atoms with Gasteiger partial charge in [-0.2, -0.15) is 0 Å². The van der Waals surface area contributed by atoms with Crippen molar-refractivity contribution in [2.24, 2.45) is 0 Å².